The number of benzene rings is 2. The third kappa shape index (κ3) is 5.48. The summed E-state index contributed by atoms with van der Waals surface area (Å²) in [4.78, 5) is 11.8. The molecule has 0 aliphatic heterocycles. The third-order valence-electron chi connectivity index (χ3n) is 2.93. The average Bonchev–Trinajstić information content (AvgIpc) is 2.45. The standard InChI is InChI=1S/C17H18ClNO2/c1-13-4-2-5-15(12-13)19-17(20)6-3-11-21-16-9-7-14(18)8-10-16/h2,4-5,7-10,12H,3,6,11H2,1H3,(H,19,20). The summed E-state index contributed by atoms with van der Waals surface area (Å²) in [6.45, 7) is 2.50. The van der Waals surface area contributed by atoms with E-state index in [9.17, 15) is 4.79 Å². The molecule has 0 saturated heterocycles. The largest absolute Gasteiger partial charge is 0.494 e. The number of amides is 1. The topological polar surface area (TPSA) is 38.3 Å². The van der Waals surface area contributed by atoms with E-state index in [0.29, 0.717) is 24.5 Å². The molecule has 0 unspecified atom stereocenters. The molecule has 0 aliphatic rings. The molecule has 1 amide bonds. The maximum Gasteiger partial charge on any atom is 0.224 e. The molecule has 0 aromatic heterocycles. The normalized spacial score (nSPS) is 10.2. The Morgan fingerprint density at radius 1 is 1.19 bits per heavy atom. The lowest BCUT2D eigenvalue weighted by Crippen LogP contribution is -2.12. The Bertz CT molecular complexity index is 596. The monoisotopic (exact) mass is 303 g/mol. The van der Waals surface area contributed by atoms with Gasteiger partial charge in [0.05, 0.1) is 6.61 Å². The fourth-order valence-corrected chi connectivity index (χ4v) is 2.03. The summed E-state index contributed by atoms with van der Waals surface area (Å²) >= 11 is 5.79. The van der Waals surface area contributed by atoms with Gasteiger partial charge in [0.1, 0.15) is 5.75 Å². The van der Waals surface area contributed by atoms with Crippen molar-refractivity contribution in [3.63, 3.8) is 0 Å². The summed E-state index contributed by atoms with van der Waals surface area (Å²) < 4.78 is 5.54. The van der Waals surface area contributed by atoms with Crippen LogP contribution >= 0.6 is 11.6 Å². The molecule has 4 heteroatoms. The van der Waals surface area contributed by atoms with Crippen molar-refractivity contribution in [2.24, 2.45) is 0 Å². The molecule has 2 aromatic carbocycles. The summed E-state index contributed by atoms with van der Waals surface area (Å²) in [6, 6.07) is 14.9. The van der Waals surface area contributed by atoms with Crippen molar-refractivity contribution in [2.75, 3.05) is 11.9 Å². The summed E-state index contributed by atoms with van der Waals surface area (Å²) in [5, 5.41) is 3.56. The van der Waals surface area contributed by atoms with Crippen molar-refractivity contribution in [3.05, 3.63) is 59.1 Å². The fourth-order valence-electron chi connectivity index (χ4n) is 1.90. The van der Waals surface area contributed by atoms with Crippen molar-refractivity contribution in [1.29, 1.82) is 0 Å². The highest BCUT2D eigenvalue weighted by Crippen LogP contribution is 2.16. The molecule has 0 spiro atoms. The molecule has 0 aliphatic carbocycles. The van der Waals surface area contributed by atoms with Gasteiger partial charge in [0, 0.05) is 17.1 Å². The van der Waals surface area contributed by atoms with Crippen molar-refractivity contribution in [3.8, 4) is 5.75 Å². The molecule has 2 rings (SSSR count). The SMILES string of the molecule is Cc1cccc(NC(=O)CCCOc2ccc(Cl)cc2)c1. The minimum atomic E-state index is 0.000283. The molecule has 110 valence electrons. The maximum absolute atomic E-state index is 11.8. The van der Waals surface area contributed by atoms with Crippen LogP contribution in [-0.4, -0.2) is 12.5 Å². The van der Waals surface area contributed by atoms with Gasteiger partial charge in [-0.2, -0.15) is 0 Å². The zero-order valence-electron chi connectivity index (χ0n) is 11.9. The quantitative estimate of drug-likeness (QED) is 0.801. The number of carbonyl (C=O) groups excluding carboxylic acids is 1. The molecule has 0 atom stereocenters. The highest BCUT2D eigenvalue weighted by Gasteiger charge is 2.03. The first-order chi connectivity index (χ1) is 10.1. The first-order valence-electron chi connectivity index (χ1n) is 6.88. The molecule has 0 fully saturated rings. The van der Waals surface area contributed by atoms with Gasteiger partial charge < -0.3 is 10.1 Å². The number of carbonyl (C=O) groups is 1. The summed E-state index contributed by atoms with van der Waals surface area (Å²) in [6.07, 6.45) is 1.10. The molecule has 21 heavy (non-hydrogen) atoms. The highest BCUT2D eigenvalue weighted by atomic mass is 35.5. The van der Waals surface area contributed by atoms with Gasteiger partial charge in [0.2, 0.25) is 5.91 Å². The van der Waals surface area contributed by atoms with E-state index < -0.39 is 0 Å². The van der Waals surface area contributed by atoms with Crippen LogP contribution in [0.1, 0.15) is 18.4 Å². The molecular formula is C17H18ClNO2. The molecule has 0 heterocycles. The smallest absolute Gasteiger partial charge is 0.224 e. The molecule has 0 bridgehead atoms. The number of hydrogen-bond acceptors (Lipinski definition) is 2. The van der Waals surface area contributed by atoms with E-state index in [1.54, 1.807) is 12.1 Å². The van der Waals surface area contributed by atoms with Gasteiger partial charge in [-0.1, -0.05) is 23.7 Å². The van der Waals surface area contributed by atoms with Crippen LogP contribution in [0, 0.1) is 6.92 Å². The molecule has 0 radical (unpaired) electrons. The zero-order chi connectivity index (χ0) is 15.1. The Balaban J connectivity index is 1.68. The van der Waals surface area contributed by atoms with E-state index in [2.05, 4.69) is 5.32 Å². The number of aryl methyl sites for hydroxylation is 1. The zero-order valence-corrected chi connectivity index (χ0v) is 12.7. The van der Waals surface area contributed by atoms with Crippen LogP contribution in [0.2, 0.25) is 5.02 Å². The second-order valence-electron chi connectivity index (χ2n) is 4.82. The van der Waals surface area contributed by atoms with Gasteiger partial charge in [-0.3, -0.25) is 4.79 Å². The van der Waals surface area contributed by atoms with Gasteiger partial charge >= 0.3 is 0 Å². The first-order valence-corrected chi connectivity index (χ1v) is 7.26. The Kier molecular flexibility index (Phi) is 5.64. The maximum atomic E-state index is 11.8. The van der Waals surface area contributed by atoms with Gasteiger partial charge in [0.15, 0.2) is 0 Å². The van der Waals surface area contributed by atoms with Crippen LogP contribution in [0.3, 0.4) is 0 Å². The second-order valence-corrected chi connectivity index (χ2v) is 5.26. The minimum absolute atomic E-state index is 0.000283. The van der Waals surface area contributed by atoms with Crippen molar-refractivity contribution in [1.82, 2.24) is 0 Å². The van der Waals surface area contributed by atoms with Crippen LogP contribution < -0.4 is 10.1 Å². The summed E-state index contributed by atoms with van der Waals surface area (Å²) in [7, 11) is 0. The van der Waals surface area contributed by atoms with Crippen molar-refractivity contribution >= 4 is 23.2 Å². The predicted octanol–water partition coefficient (Wildman–Crippen LogP) is 4.45. The highest BCUT2D eigenvalue weighted by molar-refractivity contribution is 6.30. The van der Waals surface area contributed by atoms with Crippen LogP contribution in [0.15, 0.2) is 48.5 Å². The van der Waals surface area contributed by atoms with E-state index in [1.165, 1.54) is 0 Å². The number of nitrogens with one attached hydrogen (secondary N) is 1. The van der Waals surface area contributed by atoms with Gasteiger partial charge in [-0.05, 0) is 55.3 Å². The molecular weight excluding hydrogens is 286 g/mol. The predicted molar refractivity (Wildman–Crippen MR) is 86.0 cm³/mol. The van der Waals surface area contributed by atoms with E-state index >= 15 is 0 Å². The lowest BCUT2D eigenvalue weighted by Gasteiger charge is -2.07. The number of halogens is 1. The van der Waals surface area contributed by atoms with E-state index in [4.69, 9.17) is 16.3 Å². The number of ether oxygens (including phenoxy) is 1. The van der Waals surface area contributed by atoms with E-state index in [0.717, 1.165) is 17.0 Å². The fraction of sp³-hybridized carbons (Fsp3) is 0.235. The molecule has 2 aromatic rings. The van der Waals surface area contributed by atoms with Crippen molar-refractivity contribution in [2.45, 2.75) is 19.8 Å². The Labute approximate surface area is 129 Å². The Morgan fingerprint density at radius 3 is 2.67 bits per heavy atom. The van der Waals surface area contributed by atoms with Crippen LogP contribution in [0.5, 0.6) is 5.75 Å². The van der Waals surface area contributed by atoms with Gasteiger partial charge in [-0.25, -0.2) is 0 Å². The third-order valence-corrected chi connectivity index (χ3v) is 3.18. The van der Waals surface area contributed by atoms with Gasteiger partial charge in [0.25, 0.3) is 0 Å². The van der Waals surface area contributed by atoms with E-state index in [-0.39, 0.29) is 5.91 Å². The lowest BCUT2D eigenvalue weighted by atomic mass is 10.2. The van der Waals surface area contributed by atoms with Crippen LogP contribution in [-0.2, 0) is 4.79 Å². The van der Waals surface area contributed by atoms with Crippen molar-refractivity contribution < 1.29 is 9.53 Å². The average molecular weight is 304 g/mol. The summed E-state index contributed by atoms with van der Waals surface area (Å²) in [5.41, 5.74) is 1.96. The summed E-state index contributed by atoms with van der Waals surface area (Å²) in [5.74, 6) is 0.763. The van der Waals surface area contributed by atoms with E-state index in [1.807, 2.05) is 43.3 Å². The number of anilines is 1. The lowest BCUT2D eigenvalue weighted by molar-refractivity contribution is -0.116. The Hall–Kier alpha value is -2.00. The Morgan fingerprint density at radius 2 is 1.95 bits per heavy atom. The van der Waals surface area contributed by atoms with Crippen LogP contribution in [0.4, 0.5) is 5.69 Å². The molecule has 0 saturated carbocycles. The molecule has 3 nitrogen and oxygen atoms in total. The first kappa shape index (κ1) is 15.4. The molecule has 1 N–H and O–H groups in total. The van der Waals surface area contributed by atoms with Crippen LogP contribution in [0.25, 0.3) is 0 Å². The van der Waals surface area contributed by atoms with Gasteiger partial charge in [-0.15, -0.1) is 0 Å². The number of hydrogen-bond donors (Lipinski definition) is 1. The number of rotatable bonds is 6. The minimum Gasteiger partial charge on any atom is -0.494 e. The second kappa shape index (κ2) is 7.70.